The number of rotatable bonds is 4. The third kappa shape index (κ3) is 3.95. The van der Waals surface area contributed by atoms with Gasteiger partial charge in [0.05, 0.1) is 17.4 Å². The molecule has 2 N–H and O–H groups in total. The van der Waals surface area contributed by atoms with E-state index in [1.54, 1.807) is 24.4 Å². The first-order valence-corrected chi connectivity index (χ1v) is 11.4. The predicted molar refractivity (Wildman–Crippen MR) is 135 cm³/mol. The lowest BCUT2D eigenvalue weighted by molar-refractivity contribution is 0.434. The number of nitrogens with zero attached hydrogens (tertiary/aromatic N) is 2. The number of pyridine rings is 1. The molecule has 1 aliphatic rings. The van der Waals surface area contributed by atoms with Crippen LogP contribution in [0.1, 0.15) is 29.1 Å². The van der Waals surface area contributed by atoms with Gasteiger partial charge in [-0.2, -0.15) is 0 Å². The van der Waals surface area contributed by atoms with E-state index in [2.05, 4.69) is 10.3 Å². The van der Waals surface area contributed by atoms with E-state index in [4.69, 9.17) is 39.8 Å². The molecule has 0 bridgehead atoms. The van der Waals surface area contributed by atoms with Gasteiger partial charge >= 0.3 is 0 Å². The second-order valence-electron chi connectivity index (χ2n) is 7.74. The maximum atomic E-state index is 10.6. The first-order valence-electron chi connectivity index (χ1n) is 10.3. The van der Waals surface area contributed by atoms with E-state index >= 15 is 0 Å². The van der Waals surface area contributed by atoms with Gasteiger partial charge in [0, 0.05) is 21.8 Å². The van der Waals surface area contributed by atoms with Crippen LogP contribution in [0.2, 0.25) is 10.0 Å². The van der Waals surface area contributed by atoms with E-state index < -0.39 is 6.04 Å². The minimum Gasteiger partial charge on any atom is -0.506 e. The summed E-state index contributed by atoms with van der Waals surface area (Å²) in [6, 6.07) is 19.4. The fourth-order valence-corrected chi connectivity index (χ4v) is 4.80. The van der Waals surface area contributed by atoms with E-state index in [1.165, 1.54) is 0 Å². The summed E-state index contributed by atoms with van der Waals surface area (Å²) in [5.41, 5.74) is 3.13. The molecular formula is C25H19Cl2N3O2S. The van der Waals surface area contributed by atoms with Crippen molar-refractivity contribution in [3.05, 3.63) is 100.0 Å². The van der Waals surface area contributed by atoms with E-state index in [-0.39, 0.29) is 11.8 Å². The zero-order chi connectivity index (χ0) is 23.1. The van der Waals surface area contributed by atoms with Crippen molar-refractivity contribution >= 4 is 46.2 Å². The predicted octanol–water partition coefficient (Wildman–Crippen LogP) is 6.84. The van der Waals surface area contributed by atoms with Crippen molar-refractivity contribution in [1.29, 1.82) is 0 Å². The number of hydrogen-bond donors (Lipinski definition) is 2. The van der Waals surface area contributed by atoms with Gasteiger partial charge in [-0.1, -0.05) is 41.4 Å². The van der Waals surface area contributed by atoms with Crippen molar-refractivity contribution < 1.29 is 9.52 Å². The lowest BCUT2D eigenvalue weighted by atomic mass is 10.0. The monoisotopic (exact) mass is 495 g/mol. The molecule has 0 aliphatic carbocycles. The minimum absolute atomic E-state index is 0.0627. The fourth-order valence-electron chi connectivity index (χ4n) is 4.12. The summed E-state index contributed by atoms with van der Waals surface area (Å²) in [5, 5.41) is 15.6. The van der Waals surface area contributed by atoms with Gasteiger partial charge in [0.15, 0.2) is 5.11 Å². The highest BCUT2D eigenvalue weighted by atomic mass is 35.5. The zero-order valence-corrected chi connectivity index (χ0v) is 19.8. The summed E-state index contributed by atoms with van der Waals surface area (Å²) in [4.78, 5) is 6.36. The lowest BCUT2D eigenvalue weighted by Crippen LogP contribution is -2.29. The standard InChI is InChI=1S/C25H19Cl2N3O2S/c1-14-16(5-4-6-17(14)27)21-10-11-22(32-21)24-23(18-7-2-3-12-28-18)29-25(33)30(24)19-13-15(26)8-9-20(19)31/h2-13,23-24,31H,1H3,(H,29,33)/t23-,24-/m0/s1. The third-order valence-corrected chi connectivity index (χ3v) is 6.71. The van der Waals surface area contributed by atoms with Gasteiger partial charge in [0.2, 0.25) is 0 Å². The maximum absolute atomic E-state index is 10.6. The summed E-state index contributed by atoms with van der Waals surface area (Å²) in [5.74, 6) is 1.41. The third-order valence-electron chi connectivity index (χ3n) is 5.75. The molecule has 2 atom stereocenters. The Balaban J connectivity index is 1.64. The second kappa shape index (κ2) is 8.71. The molecule has 2 aromatic carbocycles. The van der Waals surface area contributed by atoms with E-state index in [0.29, 0.717) is 32.4 Å². The fraction of sp³-hybridized carbons (Fsp3) is 0.120. The molecule has 0 spiro atoms. The summed E-state index contributed by atoms with van der Waals surface area (Å²) in [6.07, 6.45) is 1.74. The van der Waals surface area contributed by atoms with Gasteiger partial charge in [-0.15, -0.1) is 0 Å². The number of phenolic OH excluding ortho intramolecular Hbond substituents is 1. The molecule has 166 valence electrons. The van der Waals surface area contributed by atoms with Crippen LogP contribution in [0.4, 0.5) is 5.69 Å². The number of halogens is 2. The van der Waals surface area contributed by atoms with Gasteiger partial charge in [-0.05, 0) is 73.2 Å². The first kappa shape index (κ1) is 21.8. The number of aromatic nitrogens is 1. The van der Waals surface area contributed by atoms with Crippen LogP contribution in [-0.4, -0.2) is 15.2 Å². The Labute approximate surface area is 206 Å². The molecule has 4 aromatic rings. The Kier molecular flexibility index (Phi) is 5.74. The molecule has 0 unspecified atom stereocenters. The van der Waals surface area contributed by atoms with Crippen LogP contribution in [0, 0.1) is 6.92 Å². The van der Waals surface area contributed by atoms with Crippen molar-refractivity contribution in [2.45, 2.75) is 19.0 Å². The second-order valence-corrected chi connectivity index (χ2v) is 8.97. The maximum Gasteiger partial charge on any atom is 0.174 e. The molecule has 1 fully saturated rings. The number of anilines is 1. The summed E-state index contributed by atoms with van der Waals surface area (Å²) < 4.78 is 6.37. The van der Waals surface area contributed by atoms with E-state index in [9.17, 15) is 5.11 Å². The Hall–Kier alpha value is -3.06. The number of thiocarbonyl (C=S) groups is 1. The van der Waals surface area contributed by atoms with Crippen LogP contribution in [0.15, 0.2) is 77.3 Å². The quantitative estimate of drug-likeness (QED) is 0.302. The highest BCUT2D eigenvalue weighted by molar-refractivity contribution is 7.80. The molecule has 0 radical (unpaired) electrons. The average Bonchev–Trinajstić information content (AvgIpc) is 3.42. The van der Waals surface area contributed by atoms with Gasteiger partial charge < -0.3 is 19.7 Å². The normalized spacial score (nSPS) is 17.9. The molecule has 8 heteroatoms. The van der Waals surface area contributed by atoms with E-state index in [1.807, 2.05) is 60.4 Å². The summed E-state index contributed by atoms with van der Waals surface area (Å²) in [7, 11) is 0. The van der Waals surface area contributed by atoms with Crippen molar-refractivity contribution in [2.75, 3.05) is 4.90 Å². The molecule has 2 aromatic heterocycles. The lowest BCUT2D eigenvalue weighted by Gasteiger charge is -2.26. The van der Waals surface area contributed by atoms with Crippen LogP contribution in [0.25, 0.3) is 11.3 Å². The number of hydrogen-bond acceptors (Lipinski definition) is 4. The van der Waals surface area contributed by atoms with Crippen LogP contribution in [0.5, 0.6) is 5.75 Å². The van der Waals surface area contributed by atoms with Crippen molar-refractivity contribution in [1.82, 2.24) is 10.3 Å². The van der Waals surface area contributed by atoms with Crippen LogP contribution < -0.4 is 10.2 Å². The van der Waals surface area contributed by atoms with Gasteiger partial charge in [-0.3, -0.25) is 4.98 Å². The Morgan fingerprint density at radius 1 is 1.06 bits per heavy atom. The van der Waals surface area contributed by atoms with Crippen LogP contribution in [0.3, 0.4) is 0 Å². The summed E-state index contributed by atoms with van der Waals surface area (Å²) >= 11 is 18.3. The summed E-state index contributed by atoms with van der Waals surface area (Å²) in [6.45, 7) is 1.96. The Bertz CT molecular complexity index is 1340. The molecule has 1 saturated heterocycles. The van der Waals surface area contributed by atoms with Gasteiger partial charge in [0.25, 0.3) is 0 Å². The molecule has 5 rings (SSSR count). The number of aromatic hydroxyl groups is 1. The van der Waals surface area contributed by atoms with E-state index in [0.717, 1.165) is 16.8 Å². The molecule has 0 saturated carbocycles. The molecule has 1 aliphatic heterocycles. The topological polar surface area (TPSA) is 61.5 Å². The van der Waals surface area contributed by atoms with Crippen molar-refractivity contribution in [3.8, 4) is 17.1 Å². The smallest absolute Gasteiger partial charge is 0.174 e. The number of benzene rings is 2. The van der Waals surface area contributed by atoms with Crippen LogP contribution in [-0.2, 0) is 0 Å². The first-order chi connectivity index (χ1) is 15.9. The van der Waals surface area contributed by atoms with Crippen LogP contribution >= 0.6 is 35.4 Å². The number of furan rings is 1. The zero-order valence-electron chi connectivity index (χ0n) is 17.5. The molecule has 0 amide bonds. The highest BCUT2D eigenvalue weighted by Crippen LogP contribution is 2.46. The number of nitrogens with one attached hydrogen (secondary N) is 1. The SMILES string of the molecule is Cc1c(Cl)cccc1-c1ccc([C@H]2[C@H](c3ccccn3)NC(=S)N2c2cc(Cl)ccc2O)o1. The average molecular weight is 496 g/mol. The van der Waals surface area contributed by atoms with Crippen molar-refractivity contribution in [2.24, 2.45) is 0 Å². The highest BCUT2D eigenvalue weighted by Gasteiger charge is 2.43. The van der Waals surface area contributed by atoms with Gasteiger partial charge in [-0.25, -0.2) is 0 Å². The molecular weight excluding hydrogens is 477 g/mol. The van der Waals surface area contributed by atoms with Gasteiger partial charge in [0.1, 0.15) is 23.3 Å². The largest absolute Gasteiger partial charge is 0.506 e. The minimum atomic E-state index is -0.412. The molecule has 3 heterocycles. The number of phenols is 1. The Morgan fingerprint density at radius 2 is 1.91 bits per heavy atom. The Morgan fingerprint density at radius 3 is 2.70 bits per heavy atom. The van der Waals surface area contributed by atoms with Crippen molar-refractivity contribution in [3.63, 3.8) is 0 Å². The molecule has 5 nitrogen and oxygen atoms in total. The molecule has 33 heavy (non-hydrogen) atoms.